The first-order chi connectivity index (χ1) is 17.2. The number of nitrogens with zero attached hydrogens (tertiary/aromatic N) is 1. The van der Waals surface area contributed by atoms with Gasteiger partial charge in [-0.2, -0.15) is 0 Å². The molecule has 0 saturated heterocycles. The first kappa shape index (κ1) is 26.1. The Bertz CT molecular complexity index is 1180. The number of nitrogen functional groups attached to an aromatic ring is 1. The van der Waals surface area contributed by atoms with Gasteiger partial charge in [-0.1, -0.05) is 31.4 Å². The Morgan fingerprint density at radius 1 is 0.972 bits per heavy atom. The Balaban J connectivity index is 1.61. The number of carbonyl (C=O) groups excluding carboxylic acids is 3. The Morgan fingerprint density at radius 2 is 1.56 bits per heavy atom. The molecule has 36 heavy (non-hydrogen) atoms. The SMILES string of the molecule is CC(=Cc1ccc(C(=O)Oc2ccc(C(=N)N)cc2)cc1)C(=O)OC(=O)N(C(=O)O)C1CCCCC1. The topological polar surface area (TPSA) is 160 Å². The molecule has 10 nitrogen and oxygen atoms in total. The van der Waals surface area contributed by atoms with Crippen molar-refractivity contribution in [3.8, 4) is 5.75 Å². The van der Waals surface area contributed by atoms with Gasteiger partial charge in [-0.15, -0.1) is 0 Å². The third-order valence-corrected chi connectivity index (χ3v) is 5.75. The summed E-state index contributed by atoms with van der Waals surface area (Å²) in [5.41, 5.74) is 6.81. The molecule has 0 aliphatic heterocycles. The van der Waals surface area contributed by atoms with Gasteiger partial charge in [0.05, 0.1) is 5.56 Å². The van der Waals surface area contributed by atoms with Crippen molar-refractivity contribution in [3.05, 3.63) is 70.8 Å². The molecule has 10 heteroatoms. The number of hydrogen-bond acceptors (Lipinski definition) is 7. The molecule has 0 aromatic heterocycles. The van der Waals surface area contributed by atoms with Crippen LogP contribution in [0.1, 0.15) is 60.5 Å². The molecule has 0 spiro atoms. The maximum atomic E-state index is 12.4. The van der Waals surface area contributed by atoms with E-state index in [0.29, 0.717) is 34.6 Å². The fourth-order valence-electron chi connectivity index (χ4n) is 3.82. The fourth-order valence-corrected chi connectivity index (χ4v) is 3.82. The molecule has 1 fully saturated rings. The number of esters is 2. The molecule has 1 aliphatic carbocycles. The van der Waals surface area contributed by atoms with Crippen molar-refractivity contribution in [2.75, 3.05) is 0 Å². The molecule has 2 aromatic rings. The zero-order chi connectivity index (χ0) is 26.2. The van der Waals surface area contributed by atoms with Gasteiger partial charge in [-0.3, -0.25) is 5.41 Å². The predicted molar refractivity (Wildman–Crippen MR) is 131 cm³/mol. The van der Waals surface area contributed by atoms with E-state index in [0.717, 1.165) is 19.3 Å². The van der Waals surface area contributed by atoms with Crippen molar-refractivity contribution in [2.24, 2.45) is 5.73 Å². The number of imide groups is 1. The van der Waals surface area contributed by atoms with Gasteiger partial charge in [-0.05, 0) is 67.8 Å². The molecule has 2 aromatic carbocycles. The lowest BCUT2D eigenvalue weighted by Gasteiger charge is -2.29. The largest absolute Gasteiger partial charge is 0.465 e. The van der Waals surface area contributed by atoms with Crippen LogP contribution in [0.4, 0.5) is 9.59 Å². The smallest absolute Gasteiger partial charge is 0.427 e. The third-order valence-electron chi connectivity index (χ3n) is 5.75. The van der Waals surface area contributed by atoms with Gasteiger partial charge in [-0.25, -0.2) is 24.1 Å². The van der Waals surface area contributed by atoms with E-state index in [1.54, 1.807) is 24.3 Å². The summed E-state index contributed by atoms with van der Waals surface area (Å²) in [4.78, 5) is 49.3. The third kappa shape index (κ3) is 6.78. The molecular formula is C26H27N3O7. The summed E-state index contributed by atoms with van der Waals surface area (Å²) < 4.78 is 10.1. The van der Waals surface area contributed by atoms with Crippen LogP contribution in [0.15, 0.2) is 54.1 Å². The van der Waals surface area contributed by atoms with Crippen LogP contribution in [-0.4, -0.2) is 46.0 Å². The highest BCUT2D eigenvalue weighted by Crippen LogP contribution is 2.24. The second kappa shape index (κ2) is 11.8. The van der Waals surface area contributed by atoms with Crippen LogP contribution in [0.5, 0.6) is 5.75 Å². The predicted octanol–water partition coefficient (Wildman–Crippen LogP) is 4.57. The van der Waals surface area contributed by atoms with Gasteiger partial charge in [0, 0.05) is 17.2 Å². The van der Waals surface area contributed by atoms with Crippen LogP contribution in [-0.2, 0) is 9.53 Å². The van der Waals surface area contributed by atoms with Gasteiger partial charge in [0.25, 0.3) is 0 Å². The highest BCUT2D eigenvalue weighted by atomic mass is 16.6. The highest BCUT2D eigenvalue weighted by Gasteiger charge is 2.33. The van der Waals surface area contributed by atoms with E-state index in [1.807, 2.05) is 0 Å². The highest BCUT2D eigenvalue weighted by molar-refractivity contribution is 6.01. The molecule has 1 aliphatic rings. The summed E-state index contributed by atoms with van der Waals surface area (Å²) in [7, 11) is 0. The molecule has 0 unspecified atom stereocenters. The van der Waals surface area contributed by atoms with Crippen LogP contribution < -0.4 is 10.5 Å². The van der Waals surface area contributed by atoms with Crippen molar-refractivity contribution in [1.29, 1.82) is 5.41 Å². The number of nitrogens with two attached hydrogens (primary N) is 1. The average molecular weight is 494 g/mol. The lowest BCUT2D eigenvalue weighted by atomic mass is 9.95. The monoisotopic (exact) mass is 493 g/mol. The Hall–Kier alpha value is -4.47. The Labute approximate surface area is 207 Å². The molecule has 0 radical (unpaired) electrons. The van der Waals surface area contributed by atoms with Crippen molar-refractivity contribution >= 4 is 36.0 Å². The van der Waals surface area contributed by atoms with Gasteiger partial charge in [0.15, 0.2) is 0 Å². The first-order valence-corrected chi connectivity index (χ1v) is 11.4. The van der Waals surface area contributed by atoms with Crippen LogP contribution in [0, 0.1) is 5.41 Å². The van der Waals surface area contributed by atoms with Crippen LogP contribution in [0.25, 0.3) is 6.08 Å². The van der Waals surface area contributed by atoms with E-state index in [1.165, 1.54) is 37.3 Å². The van der Waals surface area contributed by atoms with Crippen molar-refractivity contribution < 1.29 is 33.8 Å². The van der Waals surface area contributed by atoms with Crippen LogP contribution >= 0.6 is 0 Å². The molecule has 4 N–H and O–H groups in total. The van der Waals surface area contributed by atoms with Crippen LogP contribution in [0.2, 0.25) is 0 Å². The van der Waals surface area contributed by atoms with E-state index in [4.69, 9.17) is 20.6 Å². The average Bonchev–Trinajstić information content (AvgIpc) is 2.85. The lowest BCUT2D eigenvalue weighted by molar-refractivity contribution is -0.133. The minimum Gasteiger partial charge on any atom is -0.465 e. The quantitative estimate of drug-likeness (QED) is 0.132. The second-order valence-electron chi connectivity index (χ2n) is 8.38. The van der Waals surface area contributed by atoms with Crippen molar-refractivity contribution in [1.82, 2.24) is 4.90 Å². The zero-order valence-electron chi connectivity index (χ0n) is 19.7. The Morgan fingerprint density at radius 3 is 2.11 bits per heavy atom. The normalized spacial score (nSPS) is 14.0. The summed E-state index contributed by atoms with van der Waals surface area (Å²) in [5.74, 6) is -1.36. The number of amidine groups is 1. The summed E-state index contributed by atoms with van der Waals surface area (Å²) in [6, 6.07) is 11.9. The molecule has 0 bridgehead atoms. The maximum Gasteiger partial charge on any atom is 0.427 e. The number of ether oxygens (including phenoxy) is 2. The molecule has 0 heterocycles. The van der Waals surface area contributed by atoms with Gasteiger partial charge in [0.1, 0.15) is 11.6 Å². The van der Waals surface area contributed by atoms with Gasteiger partial charge >= 0.3 is 24.1 Å². The standard InChI is InChI=1S/C26H27N3O7/c1-16(23(30)36-26(34)29(25(32)33)20-5-3-2-4-6-20)15-17-7-9-19(10-8-17)24(31)35-21-13-11-18(12-14-21)22(27)28/h7-15,20H,2-6H2,1H3,(H3,27,28)(H,32,33). The number of carbonyl (C=O) groups is 4. The minimum atomic E-state index is -1.45. The van der Waals surface area contributed by atoms with Crippen molar-refractivity contribution in [2.45, 2.75) is 45.1 Å². The summed E-state index contributed by atoms with van der Waals surface area (Å²) in [5, 5.41) is 16.8. The summed E-state index contributed by atoms with van der Waals surface area (Å²) >= 11 is 0. The minimum absolute atomic E-state index is 0.0817. The van der Waals surface area contributed by atoms with Crippen LogP contribution in [0.3, 0.4) is 0 Å². The number of hydrogen-bond donors (Lipinski definition) is 3. The molecule has 188 valence electrons. The summed E-state index contributed by atoms with van der Waals surface area (Å²) in [6.07, 6.45) is 2.49. The molecule has 0 atom stereocenters. The maximum absolute atomic E-state index is 12.4. The van der Waals surface area contributed by atoms with E-state index >= 15 is 0 Å². The Kier molecular flexibility index (Phi) is 8.56. The second-order valence-corrected chi connectivity index (χ2v) is 8.38. The van der Waals surface area contributed by atoms with E-state index in [9.17, 15) is 24.3 Å². The van der Waals surface area contributed by atoms with Gasteiger partial charge in [0.2, 0.25) is 0 Å². The molecular weight excluding hydrogens is 466 g/mol. The number of carboxylic acid groups (broad SMARTS) is 1. The van der Waals surface area contributed by atoms with E-state index < -0.39 is 30.2 Å². The fraction of sp³-hybridized carbons (Fsp3) is 0.269. The number of nitrogens with one attached hydrogen (secondary N) is 1. The molecule has 1 saturated carbocycles. The van der Waals surface area contributed by atoms with E-state index in [2.05, 4.69) is 0 Å². The number of rotatable bonds is 6. The number of amides is 2. The molecule has 2 amide bonds. The zero-order valence-corrected chi connectivity index (χ0v) is 19.7. The number of benzene rings is 2. The van der Waals surface area contributed by atoms with Crippen molar-refractivity contribution in [3.63, 3.8) is 0 Å². The first-order valence-electron chi connectivity index (χ1n) is 11.4. The van der Waals surface area contributed by atoms with Gasteiger partial charge < -0.3 is 20.3 Å². The summed E-state index contributed by atoms with van der Waals surface area (Å²) in [6.45, 7) is 1.44. The molecule has 3 rings (SSSR count). The lowest BCUT2D eigenvalue weighted by Crippen LogP contribution is -2.45. The van der Waals surface area contributed by atoms with E-state index in [-0.39, 0.29) is 17.0 Å².